The Morgan fingerprint density at radius 1 is 1.10 bits per heavy atom. The first-order valence-electron chi connectivity index (χ1n) is 6.26. The van der Waals surface area contributed by atoms with E-state index in [0.29, 0.717) is 12.3 Å². The van der Waals surface area contributed by atoms with E-state index in [0.717, 1.165) is 5.69 Å². The Labute approximate surface area is 119 Å². The molecular weight excluding hydrogens is 276 g/mol. The van der Waals surface area contributed by atoms with Crippen molar-refractivity contribution in [2.45, 2.75) is 25.5 Å². The molecule has 0 bridgehead atoms. The van der Waals surface area contributed by atoms with Gasteiger partial charge in [-0.15, -0.1) is 0 Å². The molecule has 0 atom stereocenters. The van der Waals surface area contributed by atoms with Gasteiger partial charge in [0, 0.05) is 5.69 Å². The third-order valence-corrected chi connectivity index (χ3v) is 4.43. The Hall–Kier alpha value is -1.79. The van der Waals surface area contributed by atoms with Crippen LogP contribution in [0.4, 0.5) is 5.69 Å². The van der Waals surface area contributed by atoms with Gasteiger partial charge in [-0.3, -0.25) is 0 Å². The molecule has 0 spiro atoms. The van der Waals surface area contributed by atoms with E-state index < -0.39 is 10.0 Å². The van der Waals surface area contributed by atoms with Gasteiger partial charge in [-0.25, -0.2) is 13.1 Å². The highest BCUT2D eigenvalue weighted by Gasteiger charge is 2.16. The number of sulfonamides is 1. The van der Waals surface area contributed by atoms with Crippen LogP contribution in [0.1, 0.15) is 16.9 Å². The van der Waals surface area contributed by atoms with Gasteiger partial charge < -0.3 is 9.73 Å². The lowest BCUT2D eigenvalue weighted by molar-refractivity contribution is 0.417. The van der Waals surface area contributed by atoms with Gasteiger partial charge in [-0.2, -0.15) is 0 Å². The van der Waals surface area contributed by atoms with Gasteiger partial charge in [0.25, 0.3) is 10.0 Å². The van der Waals surface area contributed by atoms with Crippen molar-refractivity contribution in [3.05, 3.63) is 47.2 Å². The summed E-state index contributed by atoms with van der Waals surface area (Å²) in [6.45, 7) is 4.53. The molecule has 0 aliphatic heterocycles. The van der Waals surface area contributed by atoms with Crippen molar-refractivity contribution in [3.63, 3.8) is 0 Å². The molecule has 0 saturated carbocycles. The quantitative estimate of drug-likeness (QED) is 0.888. The average molecular weight is 294 g/mol. The van der Waals surface area contributed by atoms with Gasteiger partial charge >= 0.3 is 0 Å². The van der Waals surface area contributed by atoms with Crippen molar-refractivity contribution in [2.24, 2.45) is 0 Å². The zero-order valence-electron chi connectivity index (χ0n) is 11.7. The lowest BCUT2D eigenvalue weighted by Gasteiger charge is -2.07. The van der Waals surface area contributed by atoms with Gasteiger partial charge in [-0.05, 0) is 56.3 Å². The number of rotatable bonds is 5. The van der Waals surface area contributed by atoms with E-state index in [9.17, 15) is 8.42 Å². The molecule has 108 valence electrons. The number of furan rings is 1. The predicted octanol–water partition coefficient (Wildman–Crippen LogP) is 2.42. The van der Waals surface area contributed by atoms with Crippen LogP contribution in [0.5, 0.6) is 0 Å². The number of aryl methyl sites for hydroxylation is 2. The molecular formula is C14H18N2O3S. The highest BCUT2D eigenvalue weighted by Crippen LogP contribution is 2.17. The summed E-state index contributed by atoms with van der Waals surface area (Å²) in [6, 6.07) is 9.16. The lowest BCUT2D eigenvalue weighted by Crippen LogP contribution is -2.17. The topological polar surface area (TPSA) is 71.3 Å². The molecule has 0 saturated heterocycles. The molecule has 0 unspecified atom stereocenters. The van der Waals surface area contributed by atoms with E-state index >= 15 is 0 Å². The average Bonchev–Trinajstić information content (AvgIpc) is 2.90. The summed E-state index contributed by atoms with van der Waals surface area (Å²) in [5.74, 6) is 0.567. The molecule has 1 heterocycles. The van der Waals surface area contributed by atoms with Gasteiger partial charge in [0.05, 0.1) is 6.54 Å². The summed E-state index contributed by atoms with van der Waals surface area (Å²) in [5.41, 5.74) is 3.41. The van der Waals surface area contributed by atoms with E-state index in [4.69, 9.17) is 4.42 Å². The lowest BCUT2D eigenvalue weighted by atomic mass is 10.1. The largest absolute Gasteiger partial charge is 0.446 e. The molecule has 1 aromatic carbocycles. The highest BCUT2D eigenvalue weighted by molar-refractivity contribution is 7.89. The van der Waals surface area contributed by atoms with Crippen molar-refractivity contribution in [2.75, 3.05) is 12.4 Å². The van der Waals surface area contributed by atoms with E-state index in [1.54, 1.807) is 6.07 Å². The van der Waals surface area contributed by atoms with Crippen molar-refractivity contribution in [1.29, 1.82) is 0 Å². The normalized spacial score (nSPS) is 11.6. The summed E-state index contributed by atoms with van der Waals surface area (Å²) in [4.78, 5) is 0. The molecule has 20 heavy (non-hydrogen) atoms. The molecule has 2 rings (SSSR count). The fraction of sp³-hybridized carbons (Fsp3) is 0.286. The zero-order chi connectivity index (χ0) is 14.8. The molecule has 0 aliphatic rings. The molecule has 2 N–H and O–H groups in total. The molecule has 5 nitrogen and oxygen atoms in total. The Kier molecular flexibility index (Phi) is 4.15. The van der Waals surface area contributed by atoms with Crippen LogP contribution in [0.25, 0.3) is 0 Å². The minimum Gasteiger partial charge on any atom is -0.446 e. The predicted molar refractivity (Wildman–Crippen MR) is 78.2 cm³/mol. The minimum atomic E-state index is -3.52. The Balaban J connectivity index is 2.06. The van der Waals surface area contributed by atoms with E-state index in [-0.39, 0.29) is 5.09 Å². The van der Waals surface area contributed by atoms with Crippen molar-refractivity contribution >= 4 is 15.7 Å². The monoisotopic (exact) mass is 294 g/mol. The first kappa shape index (κ1) is 14.6. The third kappa shape index (κ3) is 3.20. The van der Waals surface area contributed by atoms with Gasteiger partial charge in [-0.1, -0.05) is 6.07 Å². The van der Waals surface area contributed by atoms with Crippen molar-refractivity contribution < 1.29 is 12.8 Å². The summed E-state index contributed by atoms with van der Waals surface area (Å²) in [6.07, 6.45) is 0. The van der Waals surface area contributed by atoms with Gasteiger partial charge in [0.1, 0.15) is 5.76 Å². The SMILES string of the molecule is CNS(=O)(=O)c1ccc(CNc2ccc(C)c(C)c2)o1. The van der Waals surface area contributed by atoms with Crippen LogP contribution < -0.4 is 10.0 Å². The van der Waals surface area contributed by atoms with E-state index in [2.05, 4.69) is 17.0 Å². The molecule has 0 aliphatic carbocycles. The van der Waals surface area contributed by atoms with Crippen LogP contribution in [-0.4, -0.2) is 15.5 Å². The number of nitrogens with one attached hydrogen (secondary N) is 2. The fourth-order valence-corrected chi connectivity index (χ4v) is 2.40. The van der Waals surface area contributed by atoms with E-state index in [1.165, 1.54) is 24.2 Å². The van der Waals surface area contributed by atoms with E-state index in [1.807, 2.05) is 25.1 Å². The Morgan fingerprint density at radius 3 is 2.50 bits per heavy atom. The second kappa shape index (κ2) is 5.68. The maximum atomic E-state index is 11.5. The van der Waals surface area contributed by atoms with Crippen molar-refractivity contribution in [1.82, 2.24) is 4.72 Å². The number of benzene rings is 1. The van der Waals surface area contributed by atoms with Gasteiger partial charge in [0.2, 0.25) is 5.09 Å². The second-order valence-electron chi connectivity index (χ2n) is 4.58. The summed E-state index contributed by atoms with van der Waals surface area (Å²) < 4.78 is 30.6. The first-order valence-corrected chi connectivity index (χ1v) is 7.74. The Morgan fingerprint density at radius 2 is 1.85 bits per heavy atom. The minimum absolute atomic E-state index is 0.0723. The number of hydrogen-bond acceptors (Lipinski definition) is 4. The zero-order valence-corrected chi connectivity index (χ0v) is 12.5. The summed E-state index contributed by atoms with van der Waals surface area (Å²) in [7, 11) is -2.17. The number of anilines is 1. The molecule has 2 aromatic rings. The van der Waals surface area contributed by atoms with Crippen LogP contribution in [0, 0.1) is 13.8 Å². The first-order chi connectivity index (χ1) is 9.42. The van der Waals surface area contributed by atoms with Gasteiger partial charge in [0.15, 0.2) is 0 Å². The number of hydrogen-bond donors (Lipinski definition) is 2. The summed E-state index contributed by atoms with van der Waals surface area (Å²) >= 11 is 0. The molecule has 0 amide bonds. The standard InChI is InChI=1S/C14H18N2O3S/c1-10-4-5-12(8-11(10)2)16-9-13-6-7-14(19-13)20(17,18)15-3/h4-8,15-16H,9H2,1-3H3. The highest BCUT2D eigenvalue weighted by atomic mass is 32.2. The van der Waals surface area contributed by atoms with Crippen molar-refractivity contribution in [3.8, 4) is 0 Å². The van der Waals surface area contributed by atoms with Crippen LogP contribution in [0.3, 0.4) is 0 Å². The van der Waals surface area contributed by atoms with Crippen LogP contribution in [-0.2, 0) is 16.6 Å². The summed E-state index contributed by atoms with van der Waals surface area (Å²) in [5, 5.41) is 3.13. The second-order valence-corrected chi connectivity index (χ2v) is 6.40. The molecule has 1 aromatic heterocycles. The van der Waals surface area contributed by atoms with Crippen LogP contribution in [0.2, 0.25) is 0 Å². The molecule has 6 heteroatoms. The molecule has 0 radical (unpaired) electrons. The van der Waals surface area contributed by atoms with Crippen LogP contribution in [0.15, 0.2) is 39.8 Å². The maximum absolute atomic E-state index is 11.5. The smallest absolute Gasteiger partial charge is 0.273 e. The Bertz CT molecular complexity index is 705. The van der Waals surface area contributed by atoms with Crippen LogP contribution >= 0.6 is 0 Å². The maximum Gasteiger partial charge on any atom is 0.273 e. The third-order valence-electron chi connectivity index (χ3n) is 3.14. The molecule has 0 fully saturated rings. The fourth-order valence-electron chi connectivity index (χ4n) is 1.74.